The average Bonchev–Trinajstić information content (AvgIpc) is 3.80. The summed E-state index contributed by atoms with van der Waals surface area (Å²) in [6, 6.07) is 0. The minimum absolute atomic E-state index is 0.00220. The summed E-state index contributed by atoms with van der Waals surface area (Å²) >= 11 is 0. The van der Waals surface area contributed by atoms with E-state index in [4.69, 9.17) is 28.4 Å². The van der Waals surface area contributed by atoms with Gasteiger partial charge in [0.2, 0.25) is 0 Å². The Morgan fingerprint density at radius 1 is 1.08 bits per heavy atom. The second-order valence-corrected chi connectivity index (χ2v) is 12.7. The Labute approximate surface area is 228 Å². The molecule has 5 fully saturated rings. The second-order valence-electron chi connectivity index (χ2n) is 12.7. The van der Waals surface area contributed by atoms with Gasteiger partial charge < -0.3 is 38.6 Å². The molecule has 6 aliphatic rings. The van der Waals surface area contributed by atoms with Gasteiger partial charge in [-0.3, -0.25) is 0 Å². The van der Waals surface area contributed by atoms with E-state index in [-0.39, 0.29) is 37.1 Å². The molecule has 216 valence electrons. The first-order valence-corrected chi connectivity index (χ1v) is 14.1. The number of hydrogen-bond acceptors (Lipinski definition) is 10. The van der Waals surface area contributed by atoms with Gasteiger partial charge in [-0.05, 0) is 39.0 Å². The van der Waals surface area contributed by atoms with Gasteiger partial charge in [-0.2, -0.15) is 0 Å². The molecule has 39 heavy (non-hydrogen) atoms. The van der Waals surface area contributed by atoms with E-state index < -0.39 is 58.7 Å². The Kier molecular flexibility index (Phi) is 6.56. The zero-order chi connectivity index (χ0) is 27.8. The summed E-state index contributed by atoms with van der Waals surface area (Å²) in [6.45, 7) is 8.23. The topological polar surface area (TPSA) is 137 Å². The SMILES string of the molecule is CC(O)C1C=C/C=C\C(=O)O[C@@H]2C[C@H]3O[C@@H]4[C@@H]5O[C@]5(C)CC[C@]4(COC(=O)C(O)C(C)CCO1)[C@]2(C)C31CO1. The molecule has 2 N–H and O–H groups in total. The van der Waals surface area contributed by atoms with Crippen LogP contribution in [0.2, 0.25) is 0 Å². The number of fused-ring (bicyclic) bond motifs is 2. The van der Waals surface area contributed by atoms with Crippen LogP contribution in [0.4, 0.5) is 0 Å². The molecule has 3 saturated heterocycles. The lowest BCUT2D eigenvalue weighted by atomic mass is 9.50. The molecule has 0 aromatic heterocycles. The summed E-state index contributed by atoms with van der Waals surface area (Å²) in [7, 11) is 0. The number of aliphatic hydroxyl groups is 2. The number of cyclic esters (lactones) is 1. The lowest BCUT2D eigenvalue weighted by Crippen LogP contribution is -2.69. The van der Waals surface area contributed by atoms with Crippen molar-refractivity contribution < 1.29 is 48.2 Å². The van der Waals surface area contributed by atoms with Crippen molar-refractivity contribution in [1.82, 2.24) is 0 Å². The van der Waals surface area contributed by atoms with Crippen molar-refractivity contribution in [2.75, 3.05) is 19.8 Å². The van der Waals surface area contributed by atoms with Crippen molar-refractivity contribution in [3.8, 4) is 0 Å². The third-order valence-corrected chi connectivity index (χ3v) is 10.6. The van der Waals surface area contributed by atoms with Crippen LogP contribution in [0.15, 0.2) is 24.3 Å². The number of carbonyl (C=O) groups is 2. The molecule has 0 aromatic rings. The molecule has 4 heterocycles. The first kappa shape index (κ1) is 27.4. The predicted octanol–water partition coefficient (Wildman–Crippen LogP) is 1.60. The van der Waals surface area contributed by atoms with Crippen molar-refractivity contribution in [1.29, 1.82) is 0 Å². The molecule has 4 aliphatic heterocycles. The number of allylic oxidation sites excluding steroid dienone is 2. The van der Waals surface area contributed by atoms with Crippen LogP contribution in [0.25, 0.3) is 0 Å². The molecule has 0 aromatic carbocycles. The van der Waals surface area contributed by atoms with E-state index in [1.165, 1.54) is 6.08 Å². The first-order valence-electron chi connectivity index (χ1n) is 14.1. The van der Waals surface area contributed by atoms with Gasteiger partial charge in [0, 0.05) is 24.5 Å². The van der Waals surface area contributed by atoms with E-state index in [1.807, 2.05) is 0 Å². The van der Waals surface area contributed by atoms with Crippen molar-refractivity contribution in [2.45, 2.75) is 107 Å². The molecule has 2 bridgehead atoms. The fraction of sp³-hybridized carbons (Fsp3) is 0.793. The maximum Gasteiger partial charge on any atom is 0.335 e. The Hall–Kier alpha value is -1.82. The molecule has 6 rings (SSSR count). The number of aliphatic hydroxyl groups excluding tert-OH is 2. The number of epoxide rings is 2. The smallest absolute Gasteiger partial charge is 0.335 e. The van der Waals surface area contributed by atoms with Crippen LogP contribution >= 0.6 is 0 Å². The van der Waals surface area contributed by atoms with Crippen LogP contribution < -0.4 is 0 Å². The zero-order valence-corrected chi connectivity index (χ0v) is 23.0. The molecule has 2 aliphatic carbocycles. The lowest BCUT2D eigenvalue weighted by Gasteiger charge is -2.58. The molecule has 2 saturated carbocycles. The minimum Gasteiger partial charge on any atom is -0.463 e. The molecule has 0 amide bonds. The molecule has 0 radical (unpaired) electrons. The maximum absolute atomic E-state index is 13.2. The molecule has 10 nitrogen and oxygen atoms in total. The van der Waals surface area contributed by atoms with Gasteiger partial charge in [0.15, 0.2) is 6.10 Å². The number of carbonyl (C=O) groups excluding carboxylic acids is 2. The van der Waals surface area contributed by atoms with Gasteiger partial charge in [-0.1, -0.05) is 32.1 Å². The summed E-state index contributed by atoms with van der Waals surface area (Å²) < 4.78 is 36.8. The number of ether oxygens (including phenoxy) is 6. The highest BCUT2D eigenvalue weighted by Crippen LogP contribution is 2.75. The minimum atomic E-state index is -1.34. The largest absolute Gasteiger partial charge is 0.463 e. The van der Waals surface area contributed by atoms with Gasteiger partial charge >= 0.3 is 11.9 Å². The van der Waals surface area contributed by atoms with Gasteiger partial charge in [0.05, 0.1) is 35.9 Å². The van der Waals surface area contributed by atoms with E-state index in [2.05, 4.69) is 13.8 Å². The Morgan fingerprint density at radius 2 is 1.85 bits per heavy atom. The number of rotatable bonds is 1. The Morgan fingerprint density at radius 3 is 2.56 bits per heavy atom. The van der Waals surface area contributed by atoms with Gasteiger partial charge in [-0.15, -0.1) is 0 Å². The molecule has 10 heteroatoms. The molecule has 12 atom stereocenters. The molecular formula is C29H40O10. The quantitative estimate of drug-likeness (QED) is 0.367. The fourth-order valence-electron chi connectivity index (χ4n) is 7.75. The average molecular weight is 549 g/mol. The van der Waals surface area contributed by atoms with Crippen molar-refractivity contribution in [3.63, 3.8) is 0 Å². The highest BCUT2D eigenvalue weighted by atomic mass is 16.7. The monoisotopic (exact) mass is 548 g/mol. The number of esters is 2. The van der Waals surface area contributed by atoms with Crippen molar-refractivity contribution >= 4 is 11.9 Å². The first-order chi connectivity index (χ1) is 18.5. The summed E-state index contributed by atoms with van der Waals surface area (Å²) in [5.74, 6) is -1.63. The van der Waals surface area contributed by atoms with Gasteiger partial charge in [0.25, 0.3) is 0 Å². The summed E-state index contributed by atoms with van der Waals surface area (Å²) in [5, 5.41) is 20.9. The van der Waals surface area contributed by atoms with Crippen LogP contribution in [-0.4, -0.2) is 95.9 Å². The van der Waals surface area contributed by atoms with Crippen LogP contribution in [0, 0.1) is 16.7 Å². The third kappa shape index (κ3) is 4.05. The third-order valence-electron chi connectivity index (χ3n) is 10.6. The van der Waals surface area contributed by atoms with Crippen LogP contribution in [-0.2, 0) is 38.0 Å². The Bertz CT molecular complexity index is 1070. The van der Waals surface area contributed by atoms with E-state index in [9.17, 15) is 19.8 Å². The van der Waals surface area contributed by atoms with E-state index in [1.54, 1.807) is 32.1 Å². The molecular weight excluding hydrogens is 508 g/mol. The molecule has 5 unspecified atom stereocenters. The Balaban J connectivity index is 1.36. The van der Waals surface area contributed by atoms with E-state index >= 15 is 0 Å². The van der Waals surface area contributed by atoms with Crippen LogP contribution in [0.1, 0.15) is 53.4 Å². The summed E-state index contributed by atoms with van der Waals surface area (Å²) in [6.07, 6.45) is 4.42. The maximum atomic E-state index is 13.2. The second kappa shape index (κ2) is 9.36. The van der Waals surface area contributed by atoms with E-state index in [0.717, 1.165) is 6.42 Å². The number of hydrogen-bond donors (Lipinski definition) is 2. The van der Waals surface area contributed by atoms with E-state index in [0.29, 0.717) is 25.9 Å². The predicted molar refractivity (Wildman–Crippen MR) is 135 cm³/mol. The highest BCUT2D eigenvalue weighted by Gasteiger charge is 2.86. The summed E-state index contributed by atoms with van der Waals surface area (Å²) in [5.41, 5.74) is -2.35. The van der Waals surface area contributed by atoms with Crippen molar-refractivity contribution in [2.24, 2.45) is 16.7 Å². The lowest BCUT2D eigenvalue weighted by molar-refractivity contribution is -0.252. The summed E-state index contributed by atoms with van der Waals surface area (Å²) in [4.78, 5) is 26.2. The normalized spacial score (nSPS) is 52.9. The van der Waals surface area contributed by atoms with Gasteiger partial charge in [0.1, 0.15) is 30.5 Å². The zero-order valence-electron chi connectivity index (χ0n) is 23.0. The van der Waals surface area contributed by atoms with Crippen molar-refractivity contribution in [3.05, 3.63) is 24.3 Å². The van der Waals surface area contributed by atoms with Gasteiger partial charge in [-0.25, -0.2) is 9.59 Å². The standard InChI is InChI=1S/C29H40O10/c1-16-9-12-34-18(17(2)30)7-5-6-8-21(31)37-19-13-20-29(15-36-29)27(19,4)28(14-35-25(33)22(16)32)11-10-26(3)23(39-26)24(28)38-20/h5-8,16-20,22-24,30,32H,9-15H2,1-4H3/b7-5?,8-6-/t16?,17?,18?,19-,20-,22?,23+,24-,26-,27-,28-,29?/m1/s1. The van der Waals surface area contributed by atoms with Crippen LogP contribution in [0.5, 0.6) is 0 Å². The fourth-order valence-corrected chi connectivity index (χ4v) is 7.75. The van der Waals surface area contributed by atoms with Crippen LogP contribution in [0.3, 0.4) is 0 Å². The highest BCUT2D eigenvalue weighted by molar-refractivity contribution is 5.82. The molecule has 2 spiro atoms.